The topological polar surface area (TPSA) is 95.1 Å². The van der Waals surface area contributed by atoms with Gasteiger partial charge in [0.25, 0.3) is 0 Å². The lowest BCUT2D eigenvalue weighted by atomic mass is 10.1. The van der Waals surface area contributed by atoms with E-state index < -0.39 is 0 Å². The first-order valence-electron chi connectivity index (χ1n) is 11.4. The molecule has 37 heavy (non-hydrogen) atoms. The van der Waals surface area contributed by atoms with Gasteiger partial charge in [-0.15, -0.1) is 0 Å². The van der Waals surface area contributed by atoms with Crippen LogP contribution in [0.2, 0.25) is 0 Å². The Kier molecular flexibility index (Phi) is 9.32. The van der Waals surface area contributed by atoms with E-state index in [-0.39, 0.29) is 11.7 Å². The van der Waals surface area contributed by atoms with E-state index in [1.807, 2.05) is 19.1 Å². The molecule has 0 aliphatic heterocycles. The molecule has 0 unspecified atom stereocenters. The molecular formula is C29H30N2O6. The van der Waals surface area contributed by atoms with Gasteiger partial charge in [0.1, 0.15) is 23.0 Å². The highest BCUT2D eigenvalue weighted by molar-refractivity contribution is 6.05. The van der Waals surface area contributed by atoms with Crippen LogP contribution in [0.3, 0.4) is 0 Å². The summed E-state index contributed by atoms with van der Waals surface area (Å²) in [4.78, 5) is 25.0. The van der Waals surface area contributed by atoms with Crippen molar-refractivity contribution >= 4 is 29.1 Å². The average molecular weight is 503 g/mol. The summed E-state index contributed by atoms with van der Waals surface area (Å²) in [5.74, 6) is 1.63. The maximum absolute atomic E-state index is 12.6. The SMILES string of the molecule is COc1cc(OC)c(/C=C/C(=O)Nc2ccc(OC)c(N/C=C\C(=O)c3ccc(C)cc3)c2)c(OC)c1. The van der Waals surface area contributed by atoms with Crippen LogP contribution in [-0.4, -0.2) is 40.1 Å². The Morgan fingerprint density at radius 3 is 2.00 bits per heavy atom. The van der Waals surface area contributed by atoms with Crippen LogP contribution in [-0.2, 0) is 4.79 Å². The molecule has 3 aromatic carbocycles. The minimum atomic E-state index is -0.360. The van der Waals surface area contributed by atoms with Crippen LogP contribution < -0.4 is 29.6 Å². The second-order valence-electron chi connectivity index (χ2n) is 7.89. The largest absolute Gasteiger partial charge is 0.496 e. The minimum absolute atomic E-state index is 0.134. The van der Waals surface area contributed by atoms with Gasteiger partial charge in [-0.25, -0.2) is 0 Å². The highest BCUT2D eigenvalue weighted by Crippen LogP contribution is 2.35. The van der Waals surface area contributed by atoms with E-state index in [1.165, 1.54) is 39.7 Å². The average Bonchev–Trinajstić information content (AvgIpc) is 2.91. The Hall–Kier alpha value is -4.72. The van der Waals surface area contributed by atoms with Gasteiger partial charge in [-0.3, -0.25) is 9.59 Å². The molecule has 0 heterocycles. The standard InChI is InChI=1S/C29H30N2O6/c1-19-6-8-20(9-7-19)25(32)14-15-30-24-16-21(10-12-26(24)35-3)31-29(33)13-11-23-27(36-4)17-22(34-2)18-28(23)37-5/h6-18,30H,1-5H3,(H,31,33)/b13-11+,15-14-. The van der Waals surface area contributed by atoms with Gasteiger partial charge in [-0.1, -0.05) is 29.8 Å². The molecule has 0 fully saturated rings. The second kappa shape index (κ2) is 12.8. The highest BCUT2D eigenvalue weighted by Gasteiger charge is 2.12. The summed E-state index contributed by atoms with van der Waals surface area (Å²) in [6.45, 7) is 1.96. The zero-order valence-corrected chi connectivity index (χ0v) is 21.5. The van der Waals surface area contributed by atoms with Gasteiger partial charge >= 0.3 is 0 Å². The normalized spacial score (nSPS) is 10.8. The fourth-order valence-corrected chi connectivity index (χ4v) is 3.46. The molecule has 8 nitrogen and oxygen atoms in total. The number of benzene rings is 3. The molecule has 2 N–H and O–H groups in total. The molecule has 3 rings (SSSR count). The Bertz CT molecular complexity index is 1290. The minimum Gasteiger partial charge on any atom is -0.496 e. The maximum Gasteiger partial charge on any atom is 0.248 e. The summed E-state index contributed by atoms with van der Waals surface area (Å²) in [5.41, 5.74) is 3.38. The molecule has 0 bridgehead atoms. The summed E-state index contributed by atoms with van der Waals surface area (Å²) in [6.07, 6.45) is 5.96. The van der Waals surface area contributed by atoms with E-state index in [4.69, 9.17) is 18.9 Å². The van der Waals surface area contributed by atoms with Crippen LogP contribution in [0.1, 0.15) is 21.5 Å². The quantitative estimate of drug-likeness (QED) is 0.264. The number of carbonyl (C=O) groups excluding carboxylic acids is 2. The van der Waals surface area contributed by atoms with E-state index in [9.17, 15) is 9.59 Å². The first-order chi connectivity index (χ1) is 17.9. The number of hydrogen-bond donors (Lipinski definition) is 2. The van der Waals surface area contributed by atoms with E-state index >= 15 is 0 Å². The van der Waals surface area contributed by atoms with Crippen molar-refractivity contribution in [2.45, 2.75) is 6.92 Å². The molecular weight excluding hydrogens is 472 g/mol. The summed E-state index contributed by atoms with van der Waals surface area (Å²) in [5, 5.41) is 5.86. The van der Waals surface area contributed by atoms with Crippen molar-refractivity contribution in [2.24, 2.45) is 0 Å². The lowest BCUT2D eigenvalue weighted by molar-refractivity contribution is -0.111. The lowest BCUT2D eigenvalue weighted by Crippen LogP contribution is -2.08. The predicted molar refractivity (Wildman–Crippen MR) is 145 cm³/mol. The highest BCUT2D eigenvalue weighted by atomic mass is 16.5. The number of allylic oxidation sites excluding steroid dienone is 1. The van der Waals surface area contributed by atoms with Crippen LogP contribution >= 0.6 is 0 Å². The molecule has 1 amide bonds. The molecule has 0 aromatic heterocycles. The fourth-order valence-electron chi connectivity index (χ4n) is 3.46. The van der Waals surface area contributed by atoms with Gasteiger partial charge in [0.05, 0.1) is 39.7 Å². The molecule has 8 heteroatoms. The van der Waals surface area contributed by atoms with Crippen LogP contribution in [0.15, 0.2) is 72.9 Å². The number of amides is 1. The Balaban J connectivity index is 1.72. The number of rotatable bonds is 11. The zero-order chi connectivity index (χ0) is 26.8. The van der Waals surface area contributed by atoms with Crippen LogP contribution in [0.4, 0.5) is 11.4 Å². The number of aryl methyl sites for hydroxylation is 1. The smallest absolute Gasteiger partial charge is 0.248 e. The number of ketones is 1. The van der Waals surface area contributed by atoms with Crippen molar-refractivity contribution in [1.82, 2.24) is 0 Å². The Morgan fingerprint density at radius 1 is 0.757 bits per heavy atom. The van der Waals surface area contributed by atoms with Crippen molar-refractivity contribution < 1.29 is 28.5 Å². The maximum atomic E-state index is 12.6. The Morgan fingerprint density at radius 2 is 1.41 bits per heavy atom. The van der Waals surface area contributed by atoms with Gasteiger partial charge in [-0.2, -0.15) is 0 Å². The lowest BCUT2D eigenvalue weighted by Gasteiger charge is -2.13. The number of methoxy groups -OCH3 is 4. The molecule has 0 spiro atoms. The van der Waals surface area contributed by atoms with Crippen molar-refractivity contribution in [3.05, 3.63) is 89.6 Å². The van der Waals surface area contributed by atoms with Crippen molar-refractivity contribution in [3.8, 4) is 23.0 Å². The molecule has 3 aromatic rings. The number of nitrogens with one attached hydrogen (secondary N) is 2. The number of ether oxygens (including phenoxy) is 4. The molecule has 0 aliphatic carbocycles. The van der Waals surface area contributed by atoms with Gasteiger partial charge in [0.2, 0.25) is 5.91 Å². The van der Waals surface area contributed by atoms with Gasteiger partial charge in [-0.05, 0) is 31.2 Å². The summed E-state index contributed by atoms with van der Waals surface area (Å²) in [7, 11) is 6.14. The number of hydrogen-bond acceptors (Lipinski definition) is 7. The summed E-state index contributed by atoms with van der Waals surface area (Å²) in [6, 6.07) is 15.9. The van der Waals surface area contributed by atoms with Gasteiger partial charge in [0.15, 0.2) is 5.78 Å². The van der Waals surface area contributed by atoms with E-state index in [2.05, 4.69) is 10.6 Å². The third-order valence-electron chi connectivity index (χ3n) is 5.43. The van der Waals surface area contributed by atoms with Crippen molar-refractivity contribution in [2.75, 3.05) is 39.1 Å². The van der Waals surface area contributed by atoms with Crippen LogP contribution in [0.25, 0.3) is 6.08 Å². The first-order valence-corrected chi connectivity index (χ1v) is 11.4. The third-order valence-corrected chi connectivity index (χ3v) is 5.43. The monoisotopic (exact) mass is 502 g/mol. The van der Waals surface area contributed by atoms with Crippen molar-refractivity contribution in [1.29, 1.82) is 0 Å². The van der Waals surface area contributed by atoms with E-state index in [1.54, 1.807) is 55.7 Å². The van der Waals surface area contributed by atoms with E-state index in [0.29, 0.717) is 45.5 Å². The van der Waals surface area contributed by atoms with E-state index in [0.717, 1.165) is 5.56 Å². The molecule has 0 saturated heterocycles. The molecule has 192 valence electrons. The van der Waals surface area contributed by atoms with Crippen LogP contribution in [0.5, 0.6) is 23.0 Å². The molecule has 0 aliphatic rings. The van der Waals surface area contributed by atoms with Gasteiger partial charge in [0, 0.05) is 41.7 Å². The predicted octanol–water partition coefficient (Wildman–Crippen LogP) is 5.49. The molecule has 0 saturated carbocycles. The molecule has 0 atom stereocenters. The van der Waals surface area contributed by atoms with Gasteiger partial charge < -0.3 is 29.6 Å². The second-order valence-corrected chi connectivity index (χ2v) is 7.89. The summed E-state index contributed by atoms with van der Waals surface area (Å²) < 4.78 is 21.5. The Labute approximate surface area is 216 Å². The summed E-state index contributed by atoms with van der Waals surface area (Å²) >= 11 is 0. The fraction of sp³-hybridized carbons (Fsp3) is 0.172. The van der Waals surface area contributed by atoms with Crippen LogP contribution in [0, 0.1) is 6.92 Å². The van der Waals surface area contributed by atoms with Crippen molar-refractivity contribution in [3.63, 3.8) is 0 Å². The third kappa shape index (κ3) is 7.14. The number of carbonyl (C=O) groups is 2. The number of anilines is 2. The zero-order valence-electron chi connectivity index (χ0n) is 21.5. The molecule has 0 radical (unpaired) electrons. The first kappa shape index (κ1) is 26.9.